The molecule has 0 saturated heterocycles. The zero-order valence-electron chi connectivity index (χ0n) is 18.8. The van der Waals surface area contributed by atoms with Gasteiger partial charge < -0.3 is 10.2 Å². The van der Waals surface area contributed by atoms with Crippen molar-refractivity contribution < 1.29 is 9.59 Å². The molecule has 0 bridgehead atoms. The number of halogens is 4. The Morgan fingerprint density at radius 1 is 1.03 bits per heavy atom. The van der Waals surface area contributed by atoms with Gasteiger partial charge in [-0.15, -0.1) is 11.8 Å². The van der Waals surface area contributed by atoms with E-state index in [0.717, 1.165) is 5.56 Å². The van der Waals surface area contributed by atoms with E-state index in [-0.39, 0.29) is 24.1 Å². The van der Waals surface area contributed by atoms with Crippen LogP contribution < -0.4 is 5.32 Å². The lowest BCUT2D eigenvalue weighted by molar-refractivity contribution is -0.139. The topological polar surface area (TPSA) is 49.4 Å². The number of rotatable bonds is 11. The van der Waals surface area contributed by atoms with Crippen LogP contribution >= 0.6 is 58.2 Å². The molecule has 0 aliphatic carbocycles. The lowest BCUT2D eigenvalue weighted by atomic mass is 10.1. The first-order valence-electron chi connectivity index (χ1n) is 10.7. The van der Waals surface area contributed by atoms with Crippen molar-refractivity contribution in [1.82, 2.24) is 10.2 Å². The third-order valence-corrected chi connectivity index (χ3v) is 7.22. The minimum Gasteiger partial charge on any atom is -0.354 e. The molecular formula is C24H28Cl4N2O2S. The number of hydrogen-bond acceptors (Lipinski definition) is 3. The van der Waals surface area contributed by atoms with Gasteiger partial charge in [0.15, 0.2) is 0 Å². The monoisotopic (exact) mass is 548 g/mol. The van der Waals surface area contributed by atoms with Gasteiger partial charge in [-0.2, -0.15) is 0 Å². The van der Waals surface area contributed by atoms with E-state index >= 15 is 0 Å². The van der Waals surface area contributed by atoms with E-state index in [9.17, 15) is 9.59 Å². The molecule has 2 aromatic carbocycles. The van der Waals surface area contributed by atoms with Gasteiger partial charge in [0.1, 0.15) is 6.04 Å². The fourth-order valence-electron chi connectivity index (χ4n) is 3.17. The van der Waals surface area contributed by atoms with Crippen LogP contribution in [0, 0.1) is 5.92 Å². The van der Waals surface area contributed by atoms with Gasteiger partial charge in [-0.1, -0.05) is 79.3 Å². The summed E-state index contributed by atoms with van der Waals surface area (Å²) in [6.07, 6.45) is 0.464. The highest BCUT2D eigenvalue weighted by Gasteiger charge is 2.29. The van der Waals surface area contributed by atoms with Crippen LogP contribution in [0.3, 0.4) is 0 Å². The number of carbonyl (C=O) groups is 2. The van der Waals surface area contributed by atoms with Crippen LogP contribution in [0.1, 0.15) is 38.3 Å². The average molecular weight is 550 g/mol. The Labute approximate surface area is 220 Å². The lowest BCUT2D eigenvalue weighted by Gasteiger charge is -2.31. The molecular weight excluding hydrogens is 522 g/mol. The van der Waals surface area contributed by atoms with E-state index < -0.39 is 6.04 Å². The molecule has 9 heteroatoms. The Bertz CT molecular complexity index is 951. The van der Waals surface area contributed by atoms with Crippen LogP contribution in [0.25, 0.3) is 0 Å². The number of thioether (sulfide) groups is 1. The van der Waals surface area contributed by atoms with Crippen LogP contribution in [0.5, 0.6) is 0 Å². The largest absolute Gasteiger partial charge is 0.354 e. The van der Waals surface area contributed by atoms with Crippen molar-refractivity contribution in [3.63, 3.8) is 0 Å². The van der Waals surface area contributed by atoms with Crippen LogP contribution in [-0.4, -0.2) is 35.1 Å². The molecule has 180 valence electrons. The molecule has 1 unspecified atom stereocenters. The maximum atomic E-state index is 13.3. The first kappa shape index (κ1) is 28.1. The molecule has 2 rings (SSSR count). The Morgan fingerprint density at radius 2 is 1.70 bits per heavy atom. The molecule has 0 heterocycles. The molecule has 4 nitrogen and oxygen atoms in total. The molecule has 0 saturated carbocycles. The van der Waals surface area contributed by atoms with Crippen molar-refractivity contribution in [2.24, 2.45) is 5.92 Å². The number of amides is 2. The summed E-state index contributed by atoms with van der Waals surface area (Å²) in [6, 6.07) is 9.85. The second-order valence-electron chi connectivity index (χ2n) is 8.01. The zero-order chi connectivity index (χ0) is 24.5. The molecule has 0 fully saturated rings. The van der Waals surface area contributed by atoms with Crippen LogP contribution in [0.2, 0.25) is 20.1 Å². The summed E-state index contributed by atoms with van der Waals surface area (Å²) in [4.78, 5) is 27.8. The van der Waals surface area contributed by atoms with E-state index in [2.05, 4.69) is 5.32 Å². The molecule has 0 aliphatic rings. The molecule has 0 aliphatic heterocycles. The minimum atomic E-state index is -0.636. The van der Waals surface area contributed by atoms with E-state index in [1.54, 1.807) is 35.2 Å². The summed E-state index contributed by atoms with van der Waals surface area (Å²) >= 11 is 26.4. The molecule has 2 amide bonds. The Hall–Kier alpha value is -1.11. The maximum Gasteiger partial charge on any atom is 0.242 e. The van der Waals surface area contributed by atoms with Gasteiger partial charge in [0.05, 0.1) is 5.75 Å². The lowest BCUT2D eigenvalue weighted by Crippen LogP contribution is -2.50. The molecule has 0 radical (unpaired) electrons. The predicted molar refractivity (Wildman–Crippen MR) is 142 cm³/mol. The smallest absolute Gasteiger partial charge is 0.242 e. The van der Waals surface area contributed by atoms with Gasteiger partial charge in [-0.05, 0) is 42.2 Å². The van der Waals surface area contributed by atoms with Crippen molar-refractivity contribution in [3.05, 3.63) is 67.6 Å². The number of benzene rings is 2. The van der Waals surface area contributed by atoms with Crippen molar-refractivity contribution >= 4 is 70.0 Å². The Kier molecular flexibility index (Phi) is 11.7. The van der Waals surface area contributed by atoms with E-state index in [1.165, 1.54) is 11.8 Å². The molecule has 2 aromatic rings. The zero-order valence-corrected chi connectivity index (χ0v) is 22.7. The molecule has 0 aromatic heterocycles. The van der Waals surface area contributed by atoms with Gasteiger partial charge in [-0.3, -0.25) is 9.59 Å². The standard InChI is InChI=1S/C24H28Cl4N2O2S/c1-4-22(24(32)29-11-15(2)3)30(12-18-19(26)6-5-7-20(18)27)23(31)14-33-13-16-8-9-17(25)10-21(16)28/h5-10,15,22H,4,11-14H2,1-3H3,(H,29,32). The maximum absolute atomic E-state index is 13.3. The fraction of sp³-hybridized carbons (Fsp3) is 0.417. The van der Waals surface area contributed by atoms with Gasteiger partial charge in [0, 0.05) is 44.5 Å². The van der Waals surface area contributed by atoms with Crippen molar-refractivity contribution in [3.8, 4) is 0 Å². The number of hydrogen-bond donors (Lipinski definition) is 1. The summed E-state index contributed by atoms with van der Waals surface area (Å²) in [5.41, 5.74) is 1.51. The average Bonchev–Trinajstić information content (AvgIpc) is 2.75. The Balaban J connectivity index is 2.20. The molecule has 33 heavy (non-hydrogen) atoms. The van der Waals surface area contributed by atoms with Gasteiger partial charge in [0.25, 0.3) is 0 Å². The number of nitrogens with one attached hydrogen (secondary N) is 1. The van der Waals surface area contributed by atoms with Gasteiger partial charge in [0.2, 0.25) is 11.8 Å². The minimum absolute atomic E-state index is 0.146. The molecule has 1 N–H and O–H groups in total. The summed E-state index contributed by atoms with van der Waals surface area (Å²) in [6.45, 7) is 6.61. The van der Waals surface area contributed by atoms with Crippen molar-refractivity contribution in [2.75, 3.05) is 12.3 Å². The first-order chi connectivity index (χ1) is 15.6. The highest BCUT2D eigenvalue weighted by atomic mass is 35.5. The summed E-state index contributed by atoms with van der Waals surface area (Å²) in [5, 5.41) is 4.97. The fourth-order valence-corrected chi connectivity index (χ4v) is 5.15. The highest BCUT2D eigenvalue weighted by Crippen LogP contribution is 2.28. The van der Waals surface area contributed by atoms with Crippen LogP contribution in [0.15, 0.2) is 36.4 Å². The van der Waals surface area contributed by atoms with Gasteiger partial charge in [-0.25, -0.2) is 0 Å². The van der Waals surface area contributed by atoms with Crippen molar-refractivity contribution in [2.45, 2.75) is 45.5 Å². The second-order valence-corrected chi connectivity index (χ2v) is 10.7. The normalized spacial score (nSPS) is 12.0. The van der Waals surface area contributed by atoms with Crippen LogP contribution in [0.4, 0.5) is 0 Å². The van der Waals surface area contributed by atoms with E-state index in [1.807, 2.05) is 26.8 Å². The van der Waals surface area contributed by atoms with Crippen molar-refractivity contribution in [1.29, 1.82) is 0 Å². The highest BCUT2D eigenvalue weighted by molar-refractivity contribution is 7.99. The summed E-state index contributed by atoms with van der Waals surface area (Å²) in [5.74, 6) is 0.655. The summed E-state index contributed by atoms with van der Waals surface area (Å²) < 4.78 is 0. The van der Waals surface area contributed by atoms with Crippen LogP contribution in [-0.2, 0) is 21.9 Å². The van der Waals surface area contributed by atoms with E-state index in [4.69, 9.17) is 46.4 Å². The van der Waals surface area contributed by atoms with Gasteiger partial charge >= 0.3 is 0 Å². The molecule has 0 spiro atoms. The number of carbonyl (C=O) groups excluding carboxylic acids is 2. The Morgan fingerprint density at radius 3 is 2.27 bits per heavy atom. The first-order valence-corrected chi connectivity index (χ1v) is 13.3. The second kappa shape index (κ2) is 13.7. The third-order valence-electron chi connectivity index (χ3n) is 4.96. The molecule has 1 atom stereocenters. The quantitative estimate of drug-likeness (QED) is 0.325. The number of nitrogens with zero attached hydrogens (tertiary/aromatic N) is 1. The summed E-state index contributed by atoms with van der Waals surface area (Å²) in [7, 11) is 0. The van der Waals surface area contributed by atoms with E-state index in [0.29, 0.717) is 50.3 Å². The predicted octanol–water partition coefficient (Wildman–Crippen LogP) is 7.11. The SMILES string of the molecule is CCC(C(=O)NCC(C)C)N(Cc1c(Cl)cccc1Cl)C(=O)CSCc1ccc(Cl)cc1Cl. The third kappa shape index (κ3) is 8.56.